The number of rotatable bonds is 11. The lowest BCUT2D eigenvalue weighted by Crippen LogP contribution is -2.23. The molecule has 9 heteroatoms. The van der Waals surface area contributed by atoms with Gasteiger partial charge in [0.15, 0.2) is 0 Å². The molecule has 0 fully saturated rings. The van der Waals surface area contributed by atoms with Crippen molar-refractivity contribution in [3.8, 4) is 16.2 Å². The number of halogens is 1. The maximum absolute atomic E-state index is 14.1. The Morgan fingerprint density at radius 1 is 0.977 bits per heavy atom. The molecule has 43 heavy (non-hydrogen) atoms. The maximum atomic E-state index is 14.1. The number of nitrogens with zero attached hydrogens (tertiary/aromatic N) is 2. The van der Waals surface area contributed by atoms with Crippen molar-refractivity contribution in [3.05, 3.63) is 118 Å². The van der Waals surface area contributed by atoms with Crippen LogP contribution in [0.5, 0.6) is 5.75 Å². The molecule has 2 heterocycles. The van der Waals surface area contributed by atoms with Gasteiger partial charge in [-0.2, -0.15) is 0 Å². The summed E-state index contributed by atoms with van der Waals surface area (Å²) in [6.07, 6.45) is 3.73. The molecule has 5 aromatic rings. The van der Waals surface area contributed by atoms with Crippen LogP contribution in [-0.4, -0.2) is 42.5 Å². The summed E-state index contributed by atoms with van der Waals surface area (Å²) in [5.41, 5.74) is 3.96. The minimum atomic E-state index is -0.600. The Bertz CT molecular complexity index is 1750. The number of hydrogen-bond donors (Lipinski definition) is 0. The molecule has 2 aromatic heterocycles. The first-order valence-corrected chi connectivity index (χ1v) is 15.8. The van der Waals surface area contributed by atoms with Gasteiger partial charge >= 0.3 is 5.97 Å². The van der Waals surface area contributed by atoms with Gasteiger partial charge in [0, 0.05) is 35.6 Å². The van der Waals surface area contributed by atoms with Crippen molar-refractivity contribution in [1.29, 1.82) is 0 Å². The predicted molar refractivity (Wildman–Crippen MR) is 180 cm³/mol. The van der Waals surface area contributed by atoms with E-state index in [1.807, 2.05) is 59.2 Å². The van der Waals surface area contributed by atoms with Gasteiger partial charge in [-0.3, -0.25) is 9.69 Å². The average Bonchev–Trinajstić information content (AvgIpc) is 3.39. The molecule has 0 unspecified atom stereocenters. The van der Waals surface area contributed by atoms with Crippen LogP contribution in [-0.2, 0) is 24.4 Å². The SMILES string of the molecule is CCOC(=O)c1cn(Cc2ccccc2SC)c2sc(-c3ccc(OC)cc3)c(CN(C)Cc3ccccc3)c2c1=O.Cl. The molecular weight excluding hydrogens is 600 g/mol. The monoisotopic (exact) mass is 634 g/mol. The second-order valence-electron chi connectivity index (χ2n) is 10.0. The number of esters is 1. The number of fused-ring (bicyclic) bond motifs is 1. The van der Waals surface area contributed by atoms with Crippen molar-refractivity contribution in [2.45, 2.75) is 31.5 Å². The molecule has 0 aliphatic heterocycles. The highest BCUT2D eigenvalue weighted by molar-refractivity contribution is 7.98. The highest BCUT2D eigenvalue weighted by Gasteiger charge is 2.25. The number of carbonyl (C=O) groups is 1. The smallest absolute Gasteiger partial charge is 0.343 e. The summed E-state index contributed by atoms with van der Waals surface area (Å²) in [6, 6.07) is 26.4. The Labute approximate surface area is 266 Å². The van der Waals surface area contributed by atoms with Crippen LogP contribution in [0.3, 0.4) is 0 Å². The average molecular weight is 635 g/mol. The summed E-state index contributed by atoms with van der Waals surface area (Å²) in [6.45, 7) is 3.70. The lowest BCUT2D eigenvalue weighted by molar-refractivity contribution is 0.0524. The lowest BCUT2D eigenvalue weighted by Gasteiger charge is -2.18. The zero-order valence-electron chi connectivity index (χ0n) is 24.7. The van der Waals surface area contributed by atoms with Crippen molar-refractivity contribution in [1.82, 2.24) is 9.47 Å². The number of thiophene rings is 1. The van der Waals surface area contributed by atoms with Crippen LogP contribution >= 0.6 is 35.5 Å². The third kappa shape index (κ3) is 7.16. The van der Waals surface area contributed by atoms with E-state index in [0.717, 1.165) is 37.0 Å². The Kier molecular flexibility index (Phi) is 11.1. The molecule has 0 saturated carbocycles. The van der Waals surface area contributed by atoms with Gasteiger partial charge in [0.05, 0.1) is 19.1 Å². The lowest BCUT2D eigenvalue weighted by atomic mass is 10.0. The Morgan fingerprint density at radius 3 is 2.35 bits per heavy atom. The fraction of sp³-hybridized carbons (Fsp3) is 0.235. The number of benzene rings is 3. The van der Waals surface area contributed by atoms with Crippen LogP contribution in [0.1, 0.15) is 34.0 Å². The zero-order valence-corrected chi connectivity index (χ0v) is 27.1. The van der Waals surface area contributed by atoms with Crippen LogP contribution < -0.4 is 10.2 Å². The van der Waals surface area contributed by atoms with Gasteiger partial charge < -0.3 is 14.0 Å². The third-order valence-electron chi connectivity index (χ3n) is 7.11. The Hall–Kier alpha value is -3.56. The molecule has 6 nitrogen and oxygen atoms in total. The summed E-state index contributed by atoms with van der Waals surface area (Å²) >= 11 is 3.26. The summed E-state index contributed by atoms with van der Waals surface area (Å²) in [5, 5.41) is 0.568. The largest absolute Gasteiger partial charge is 0.497 e. The van der Waals surface area contributed by atoms with E-state index in [2.05, 4.69) is 42.5 Å². The first-order chi connectivity index (χ1) is 20.4. The molecule has 5 rings (SSSR count). The Morgan fingerprint density at radius 2 is 1.67 bits per heavy atom. The van der Waals surface area contributed by atoms with Crippen LogP contribution in [0.25, 0.3) is 20.7 Å². The maximum Gasteiger partial charge on any atom is 0.343 e. The fourth-order valence-electron chi connectivity index (χ4n) is 5.13. The first kappa shape index (κ1) is 32.4. The van der Waals surface area contributed by atoms with E-state index in [-0.39, 0.29) is 30.0 Å². The topological polar surface area (TPSA) is 60.8 Å². The summed E-state index contributed by atoms with van der Waals surface area (Å²) in [4.78, 5) is 32.4. The second kappa shape index (κ2) is 14.8. The number of pyridine rings is 1. The van der Waals surface area contributed by atoms with Crippen LogP contribution in [0.4, 0.5) is 0 Å². The number of carbonyl (C=O) groups excluding carboxylic acids is 1. The molecule has 0 spiro atoms. The van der Waals surface area contributed by atoms with Gasteiger partial charge in [0.25, 0.3) is 0 Å². The van der Waals surface area contributed by atoms with Crippen LogP contribution in [0, 0.1) is 0 Å². The molecule has 0 saturated heterocycles. The number of ether oxygens (including phenoxy) is 2. The third-order valence-corrected chi connectivity index (χ3v) is 9.27. The van der Waals surface area contributed by atoms with Crippen molar-refractivity contribution in [2.24, 2.45) is 0 Å². The molecule has 3 aromatic carbocycles. The molecule has 0 N–H and O–H groups in total. The van der Waals surface area contributed by atoms with Crippen LogP contribution in [0.15, 0.2) is 94.7 Å². The summed E-state index contributed by atoms with van der Waals surface area (Å²) in [7, 11) is 3.70. The number of methoxy groups -OCH3 is 1. The molecule has 0 aliphatic rings. The molecule has 0 radical (unpaired) electrons. The quantitative estimate of drug-likeness (QED) is 0.109. The summed E-state index contributed by atoms with van der Waals surface area (Å²) < 4.78 is 12.8. The van der Waals surface area contributed by atoms with E-state index in [9.17, 15) is 9.59 Å². The van der Waals surface area contributed by atoms with Gasteiger partial charge in [0.2, 0.25) is 5.43 Å². The van der Waals surface area contributed by atoms with Crippen molar-refractivity contribution < 1.29 is 14.3 Å². The normalized spacial score (nSPS) is 11.0. The number of thioether (sulfide) groups is 1. The van der Waals surface area contributed by atoms with Crippen molar-refractivity contribution >= 4 is 51.7 Å². The summed E-state index contributed by atoms with van der Waals surface area (Å²) in [5.74, 6) is 0.164. The zero-order chi connectivity index (χ0) is 29.6. The van der Waals surface area contributed by atoms with E-state index in [4.69, 9.17) is 9.47 Å². The molecule has 0 atom stereocenters. The minimum absolute atomic E-state index is 0. The van der Waals surface area contributed by atoms with Crippen molar-refractivity contribution in [2.75, 3.05) is 27.0 Å². The van der Waals surface area contributed by atoms with E-state index < -0.39 is 5.97 Å². The molecule has 0 aliphatic carbocycles. The minimum Gasteiger partial charge on any atom is -0.497 e. The fourth-order valence-corrected chi connectivity index (χ4v) is 7.03. The second-order valence-corrected chi connectivity index (χ2v) is 11.9. The van der Waals surface area contributed by atoms with Crippen molar-refractivity contribution in [3.63, 3.8) is 0 Å². The van der Waals surface area contributed by atoms with E-state index >= 15 is 0 Å². The molecular formula is C34H35ClN2O4S2. The predicted octanol–water partition coefficient (Wildman–Crippen LogP) is 7.74. The number of hydrogen-bond acceptors (Lipinski definition) is 7. The Balaban J connectivity index is 0.00000423. The van der Waals surface area contributed by atoms with E-state index in [1.54, 1.807) is 43.3 Å². The van der Waals surface area contributed by atoms with Gasteiger partial charge in [-0.1, -0.05) is 48.5 Å². The van der Waals surface area contributed by atoms with Gasteiger partial charge in [-0.25, -0.2) is 4.79 Å². The van der Waals surface area contributed by atoms with Gasteiger partial charge in [-0.15, -0.1) is 35.5 Å². The highest BCUT2D eigenvalue weighted by Crippen LogP contribution is 2.39. The molecule has 0 amide bonds. The first-order valence-electron chi connectivity index (χ1n) is 13.8. The van der Waals surface area contributed by atoms with E-state index in [1.165, 1.54) is 5.56 Å². The highest BCUT2D eigenvalue weighted by atomic mass is 35.5. The number of aromatic nitrogens is 1. The van der Waals surface area contributed by atoms with E-state index in [0.29, 0.717) is 25.0 Å². The van der Waals surface area contributed by atoms with Crippen LogP contribution in [0.2, 0.25) is 0 Å². The molecule has 224 valence electrons. The molecule has 0 bridgehead atoms. The standard InChI is InChI=1S/C34H34N2O4S2.ClH/c1-5-40-34(38)28-22-36(20-25-13-9-10-14-29(25)41-4)33-30(31(28)37)27(21-35(2)19-23-11-7-6-8-12-23)32(42-33)24-15-17-26(39-3)18-16-24;/h6-18,22H,5,19-21H2,1-4H3;1H. The van der Waals surface area contributed by atoms with Gasteiger partial charge in [-0.05, 0) is 72.8 Å². The van der Waals surface area contributed by atoms with Gasteiger partial charge in [0.1, 0.15) is 16.1 Å².